The van der Waals surface area contributed by atoms with E-state index in [9.17, 15) is 16.8 Å². The number of sulfonamides is 1. The van der Waals surface area contributed by atoms with E-state index in [2.05, 4.69) is 9.82 Å². The van der Waals surface area contributed by atoms with E-state index in [0.717, 1.165) is 4.68 Å². The second-order valence-electron chi connectivity index (χ2n) is 2.93. The van der Waals surface area contributed by atoms with Crippen LogP contribution in [0.25, 0.3) is 0 Å². The van der Waals surface area contributed by atoms with E-state index in [4.69, 9.17) is 10.7 Å². The molecule has 1 heterocycles. The lowest BCUT2D eigenvalue weighted by Crippen LogP contribution is -2.29. The first-order chi connectivity index (χ1) is 7.22. The van der Waals surface area contributed by atoms with Gasteiger partial charge in [-0.3, -0.25) is 4.68 Å². The third-order valence-corrected chi connectivity index (χ3v) is 4.38. The van der Waals surface area contributed by atoms with Gasteiger partial charge in [0.25, 0.3) is 10.0 Å². The van der Waals surface area contributed by atoms with E-state index in [1.807, 2.05) is 0 Å². The van der Waals surface area contributed by atoms with Crippen molar-refractivity contribution in [2.75, 3.05) is 12.3 Å². The van der Waals surface area contributed by atoms with Gasteiger partial charge in [0, 0.05) is 24.3 Å². The van der Waals surface area contributed by atoms with Crippen LogP contribution in [0.15, 0.2) is 17.3 Å². The highest BCUT2D eigenvalue weighted by atomic mass is 35.7. The summed E-state index contributed by atoms with van der Waals surface area (Å²) in [5.74, 6) is -0.467. The molecule has 0 amide bonds. The zero-order chi connectivity index (χ0) is 12.4. The Morgan fingerprint density at radius 3 is 2.50 bits per heavy atom. The Labute approximate surface area is 97.9 Å². The summed E-state index contributed by atoms with van der Waals surface area (Å²) in [4.78, 5) is 0. The molecule has 0 radical (unpaired) electrons. The molecule has 0 aromatic carbocycles. The highest BCUT2D eigenvalue weighted by molar-refractivity contribution is 8.13. The van der Waals surface area contributed by atoms with Crippen molar-refractivity contribution in [2.45, 2.75) is 5.03 Å². The van der Waals surface area contributed by atoms with E-state index < -0.39 is 24.8 Å². The fourth-order valence-corrected chi connectivity index (χ4v) is 2.86. The SMILES string of the molecule is Cn1nccc1S(=O)(=O)NCCS(=O)(=O)Cl. The molecule has 0 saturated carbocycles. The van der Waals surface area contributed by atoms with Gasteiger partial charge >= 0.3 is 0 Å². The number of aromatic nitrogens is 2. The maximum atomic E-state index is 11.6. The van der Waals surface area contributed by atoms with Crippen LogP contribution in [-0.4, -0.2) is 38.9 Å². The fraction of sp³-hybridized carbons (Fsp3) is 0.500. The van der Waals surface area contributed by atoms with E-state index in [1.54, 1.807) is 0 Å². The van der Waals surface area contributed by atoms with Crippen LogP contribution in [0, 0.1) is 0 Å². The number of aryl methyl sites for hydroxylation is 1. The molecule has 10 heteroatoms. The van der Waals surface area contributed by atoms with Gasteiger partial charge in [-0.2, -0.15) is 5.10 Å². The van der Waals surface area contributed by atoms with Crippen LogP contribution in [0.4, 0.5) is 0 Å². The molecule has 0 fully saturated rings. The third kappa shape index (κ3) is 3.74. The van der Waals surface area contributed by atoms with Crippen molar-refractivity contribution >= 4 is 29.8 Å². The van der Waals surface area contributed by atoms with E-state index in [-0.39, 0.29) is 11.6 Å². The van der Waals surface area contributed by atoms with Crippen molar-refractivity contribution < 1.29 is 16.8 Å². The first-order valence-electron chi connectivity index (χ1n) is 4.12. The van der Waals surface area contributed by atoms with Crippen LogP contribution in [0.2, 0.25) is 0 Å². The van der Waals surface area contributed by atoms with Crippen molar-refractivity contribution in [3.05, 3.63) is 12.3 Å². The maximum absolute atomic E-state index is 11.6. The van der Waals surface area contributed by atoms with Crippen LogP contribution in [-0.2, 0) is 26.1 Å². The van der Waals surface area contributed by atoms with E-state index >= 15 is 0 Å². The summed E-state index contributed by atoms with van der Waals surface area (Å²) in [5.41, 5.74) is 0. The monoisotopic (exact) mass is 287 g/mol. The molecule has 0 aliphatic carbocycles. The lowest BCUT2D eigenvalue weighted by molar-refractivity contribution is 0.564. The van der Waals surface area contributed by atoms with Crippen molar-refractivity contribution in [1.82, 2.24) is 14.5 Å². The highest BCUT2D eigenvalue weighted by Crippen LogP contribution is 2.05. The molecule has 0 spiro atoms. The van der Waals surface area contributed by atoms with E-state index in [0.29, 0.717) is 0 Å². The van der Waals surface area contributed by atoms with Crippen molar-refractivity contribution in [3.8, 4) is 0 Å². The summed E-state index contributed by atoms with van der Waals surface area (Å²) in [6, 6.07) is 1.30. The molecule has 0 aliphatic heterocycles. The highest BCUT2D eigenvalue weighted by Gasteiger charge is 2.18. The topological polar surface area (TPSA) is 98.1 Å². The molecule has 0 unspecified atom stereocenters. The Hall–Kier alpha value is -0.640. The molecule has 0 atom stereocenters. The zero-order valence-corrected chi connectivity index (χ0v) is 10.7. The first kappa shape index (κ1) is 13.4. The molecule has 1 aromatic heterocycles. The molecule has 16 heavy (non-hydrogen) atoms. The van der Waals surface area contributed by atoms with Gasteiger partial charge in [0.2, 0.25) is 9.05 Å². The number of hydrogen-bond acceptors (Lipinski definition) is 5. The summed E-state index contributed by atoms with van der Waals surface area (Å²) in [5, 5.41) is 3.65. The summed E-state index contributed by atoms with van der Waals surface area (Å²) >= 11 is 0. The Bertz CT molecular complexity index is 562. The Kier molecular flexibility index (Phi) is 3.94. The molecule has 1 N–H and O–H groups in total. The van der Waals surface area contributed by atoms with Gasteiger partial charge in [-0.15, -0.1) is 0 Å². The van der Waals surface area contributed by atoms with Gasteiger partial charge in [-0.1, -0.05) is 0 Å². The average Bonchev–Trinajstić information content (AvgIpc) is 2.48. The Morgan fingerprint density at radius 2 is 2.06 bits per heavy atom. The number of nitrogens with one attached hydrogen (secondary N) is 1. The van der Waals surface area contributed by atoms with Gasteiger partial charge in [-0.05, 0) is 6.07 Å². The minimum absolute atomic E-state index is 0.0422. The van der Waals surface area contributed by atoms with Crippen molar-refractivity contribution in [1.29, 1.82) is 0 Å². The van der Waals surface area contributed by atoms with Crippen LogP contribution in [0.5, 0.6) is 0 Å². The lowest BCUT2D eigenvalue weighted by atomic mass is 10.7. The van der Waals surface area contributed by atoms with Gasteiger partial charge in [0.05, 0.1) is 11.9 Å². The minimum atomic E-state index is -3.74. The number of nitrogens with zero attached hydrogens (tertiary/aromatic N) is 2. The van der Waals surface area contributed by atoms with E-state index in [1.165, 1.54) is 19.3 Å². The largest absolute Gasteiger partial charge is 0.257 e. The summed E-state index contributed by atoms with van der Waals surface area (Å²) in [6.07, 6.45) is 1.33. The quantitative estimate of drug-likeness (QED) is 0.720. The first-order valence-corrected chi connectivity index (χ1v) is 8.08. The second kappa shape index (κ2) is 4.70. The lowest BCUT2D eigenvalue weighted by Gasteiger charge is -2.05. The van der Waals surface area contributed by atoms with Gasteiger partial charge in [0.15, 0.2) is 5.03 Å². The minimum Gasteiger partial charge on any atom is -0.256 e. The number of rotatable bonds is 5. The molecular formula is C6H10ClN3O4S2. The Morgan fingerprint density at radius 1 is 1.44 bits per heavy atom. The van der Waals surface area contributed by atoms with Gasteiger partial charge < -0.3 is 0 Å². The molecule has 92 valence electrons. The molecular weight excluding hydrogens is 278 g/mol. The van der Waals surface area contributed by atoms with Crippen LogP contribution < -0.4 is 4.72 Å². The summed E-state index contributed by atoms with van der Waals surface area (Å²) in [6.45, 7) is -0.278. The standard InChI is InChI=1S/C6H10ClN3O4S2/c1-10-6(2-3-8-10)16(13,14)9-4-5-15(7,11)12/h2-3,9H,4-5H2,1H3. The predicted molar refractivity (Wildman–Crippen MR) is 58.0 cm³/mol. The molecule has 1 rings (SSSR count). The summed E-state index contributed by atoms with van der Waals surface area (Å²) < 4.78 is 47.6. The van der Waals surface area contributed by atoms with Crippen LogP contribution in [0.1, 0.15) is 0 Å². The molecule has 7 nitrogen and oxygen atoms in total. The Balaban J connectivity index is 2.72. The molecule has 1 aromatic rings. The maximum Gasteiger partial charge on any atom is 0.257 e. The number of halogens is 1. The van der Waals surface area contributed by atoms with Crippen molar-refractivity contribution in [3.63, 3.8) is 0 Å². The summed E-state index contributed by atoms with van der Waals surface area (Å²) in [7, 11) is -1.04. The zero-order valence-electron chi connectivity index (χ0n) is 8.29. The predicted octanol–water partition coefficient (Wildman–Crippen LogP) is -0.733. The van der Waals surface area contributed by atoms with Crippen LogP contribution >= 0.6 is 10.7 Å². The van der Waals surface area contributed by atoms with Crippen molar-refractivity contribution in [2.24, 2.45) is 7.05 Å². The average molecular weight is 288 g/mol. The van der Waals surface area contributed by atoms with Crippen LogP contribution in [0.3, 0.4) is 0 Å². The normalized spacial score (nSPS) is 12.9. The smallest absolute Gasteiger partial charge is 0.256 e. The van der Waals surface area contributed by atoms with Gasteiger partial charge in [0.1, 0.15) is 0 Å². The molecule has 0 bridgehead atoms. The second-order valence-corrected chi connectivity index (χ2v) is 7.54. The molecule has 0 aliphatic rings. The van der Waals surface area contributed by atoms with Gasteiger partial charge in [-0.25, -0.2) is 21.6 Å². The third-order valence-electron chi connectivity index (χ3n) is 1.69. The number of hydrogen-bond donors (Lipinski definition) is 1. The fourth-order valence-electron chi connectivity index (χ4n) is 0.997. The molecule has 0 saturated heterocycles.